The zero-order valence-corrected chi connectivity index (χ0v) is 13.6. The number of nitrogen functional groups attached to an aromatic ring is 1. The highest BCUT2D eigenvalue weighted by Gasteiger charge is 2.24. The molecule has 0 amide bonds. The van der Waals surface area contributed by atoms with E-state index in [1.807, 2.05) is 4.68 Å². The molecule has 1 aliphatic carbocycles. The molecule has 7 heteroatoms. The van der Waals surface area contributed by atoms with Gasteiger partial charge in [-0.2, -0.15) is 0 Å². The Morgan fingerprint density at radius 2 is 1.58 bits per heavy atom. The molecular formula is C17H21N5O2. The molecule has 0 bridgehead atoms. The van der Waals surface area contributed by atoms with Crippen molar-refractivity contribution in [3.05, 3.63) is 34.3 Å². The molecule has 126 valence electrons. The Bertz CT molecular complexity index is 834. The van der Waals surface area contributed by atoms with Crippen molar-refractivity contribution >= 4 is 23.0 Å². The molecule has 0 atom stereocenters. The molecule has 3 heterocycles. The van der Waals surface area contributed by atoms with Crippen molar-refractivity contribution < 1.29 is 4.79 Å². The summed E-state index contributed by atoms with van der Waals surface area (Å²) in [5.41, 5.74) is 7.76. The Morgan fingerprint density at radius 3 is 2.29 bits per heavy atom. The predicted molar refractivity (Wildman–Crippen MR) is 92.5 cm³/mol. The third kappa shape index (κ3) is 2.40. The molecule has 0 aromatic carbocycles. The molecule has 0 spiro atoms. The molecule has 1 aromatic rings. The summed E-state index contributed by atoms with van der Waals surface area (Å²) in [7, 11) is 0. The van der Waals surface area contributed by atoms with E-state index in [0.717, 1.165) is 51.0 Å². The quantitative estimate of drug-likeness (QED) is 0.828. The van der Waals surface area contributed by atoms with Crippen molar-refractivity contribution in [1.29, 1.82) is 0 Å². The van der Waals surface area contributed by atoms with Crippen LogP contribution < -0.4 is 11.3 Å². The fraction of sp³-hybridized carbons (Fsp3) is 0.471. The van der Waals surface area contributed by atoms with Gasteiger partial charge >= 0.3 is 0 Å². The third-order valence-electron chi connectivity index (χ3n) is 4.86. The van der Waals surface area contributed by atoms with Crippen LogP contribution in [0.25, 0.3) is 0 Å². The zero-order chi connectivity index (χ0) is 16.7. The lowest BCUT2D eigenvalue weighted by Crippen LogP contribution is -2.28. The van der Waals surface area contributed by atoms with Crippen molar-refractivity contribution in [3.8, 4) is 0 Å². The number of rotatable bonds is 2. The summed E-state index contributed by atoms with van der Waals surface area (Å²) in [4.78, 5) is 31.1. The Balaban J connectivity index is 1.78. The number of anilines is 1. The lowest BCUT2D eigenvalue weighted by Gasteiger charge is -2.22. The van der Waals surface area contributed by atoms with Gasteiger partial charge in [-0.15, -0.1) is 0 Å². The number of fused-ring (bicyclic) bond motifs is 1. The molecular weight excluding hydrogens is 306 g/mol. The fourth-order valence-corrected chi connectivity index (χ4v) is 3.61. The van der Waals surface area contributed by atoms with Crippen LogP contribution >= 0.6 is 0 Å². The van der Waals surface area contributed by atoms with Gasteiger partial charge in [-0.05, 0) is 37.8 Å². The molecule has 1 fully saturated rings. The molecule has 2 N–H and O–H groups in total. The van der Waals surface area contributed by atoms with Gasteiger partial charge < -0.3 is 10.6 Å². The van der Waals surface area contributed by atoms with Crippen molar-refractivity contribution in [3.63, 3.8) is 0 Å². The Kier molecular flexibility index (Phi) is 3.63. The first kappa shape index (κ1) is 15.0. The molecule has 0 saturated carbocycles. The van der Waals surface area contributed by atoms with Crippen LogP contribution in [0.1, 0.15) is 25.7 Å². The molecule has 2 aliphatic heterocycles. The van der Waals surface area contributed by atoms with E-state index < -0.39 is 0 Å². The number of hydrogen-bond acceptors (Lipinski definition) is 5. The van der Waals surface area contributed by atoms with Gasteiger partial charge in [0, 0.05) is 32.3 Å². The van der Waals surface area contributed by atoms with E-state index in [-0.39, 0.29) is 17.0 Å². The van der Waals surface area contributed by atoms with E-state index in [1.54, 1.807) is 16.8 Å². The Hall–Kier alpha value is -2.57. The van der Waals surface area contributed by atoms with Gasteiger partial charge in [-0.25, -0.2) is 9.67 Å². The number of carbonyl (C=O) groups is 1. The van der Waals surface area contributed by atoms with Gasteiger partial charge in [0.05, 0.1) is 11.4 Å². The van der Waals surface area contributed by atoms with Crippen LogP contribution in [0.15, 0.2) is 33.7 Å². The van der Waals surface area contributed by atoms with Gasteiger partial charge in [0.15, 0.2) is 17.3 Å². The highest BCUT2D eigenvalue weighted by Crippen LogP contribution is 2.25. The van der Waals surface area contributed by atoms with Gasteiger partial charge in [0.2, 0.25) is 0 Å². The maximum Gasteiger partial charge on any atom is 0.294 e. The summed E-state index contributed by atoms with van der Waals surface area (Å²) in [6, 6.07) is 0. The zero-order valence-electron chi connectivity index (χ0n) is 13.6. The molecule has 1 aromatic heterocycles. The minimum Gasteiger partial charge on any atom is -0.382 e. The maximum absolute atomic E-state index is 12.6. The van der Waals surface area contributed by atoms with E-state index >= 15 is 0 Å². The summed E-state index contributed by atoms with van der Waals surface area (Å²) < 4.78 is 3.50. The fourth-order valence-electron chi connectivity index (χ4n) is 3.61. The topological polar surface area (TPSA) is 85.6 Å². The number of aliphatic imine (C=N–C) groups is 1. The first-order valence-electron chi connectivity index (χ1n) is 8.52. The van der Waals surface area contributed by atoms with Crippen LogP contribution in [0.5, 0.6) is 0 Å². The monoisotopic (exact) mass is 327 g/mol. The third-order valence-corrected chi connectivity index (χ3v) is 4.86. The normalized spacial score (nSPS) is 22.2. The average Bonchev–Trinajstić information content (AvgIpc) is 3.20. The second-order valence-corrected chi connectivity index (χ2v) is 6.45. The molecule has 3 aliphatic rings. The van der Waals surface area contributed by atoms with Crippen LogP contribution in [0.4, 0.5) is 11.5 Å². The van der Waals surface area contributed by atoms with E-state index in [0.29, 0.717) is 18.1 Å². The number of nitrogens with zero attached hydrogens (tertiary/aromatic N) is 4. The number of ketones is 1. The first-order chi connectivity index (χ1) is 11.6. The van der Waals surface area contributed by atoms with Crippen molar-refractivity contribution in [2.24, 2.45) is 4.99 Å². The Labute approximate surface area is 139 Å². The van der Waals surface area contributed by atoms with Crippen molar-refractivity contribution in [1.82, 2.24) is 14.3 Å². The molecule has 7 nitrogen and oxygen atoms in total. The smallest absolute Gasteiger partial charge is 0.294 e. The van der Waals surface area contributed by atoms with E-state index in [9.17, 15) is 9.59 Å². The second-order valence-electron chi connectivity index (χ2n) is 6.45. The van der Waals surface area contributed by atoms with Gasteiger partial charge in [0.25, 0.3) is 5.56 Å². The van der Waals surface area contributed by atoms with Gasteiger partial charge in [0.1, 0.15) is 0 Å². The van der Waals surface area contributed by atoms with E-state index in [4.69, 9.17) is 5.73 Å². The summed E-state index contributed by atoms with van der Waals surface area (Å²) in [6.45, 7) is 3.24. The maximum atomic E-state index is 12.6. The van der Waals surface area contributed by atoms with Crippen LogP contribution in [0, 0.1) is 0 Å². The minimum atomic E-state index is -0.147. The summed E-state index contributed by atoms with van der Waals surface area (Å²) in [6.07, 6.45) is 8.99. The van der Waals surface area contributed by atoms with Gasteiger partial charge in [-0.1, -0.05) is 0 Å². The van der Waals surface area contributed by atoms with E-state index in [1.165, 1.54) is 6.08 Å². The van der Waals surface area contributed by atoms with E-state index in [2.05, 4.69) is 9.89 Å². The summed E-state index contributed by atoms with van der Waals surface area (Å²) in [5, 5.41) is 0. The number of likely N-dealkylation sites (tertiary alicyclic amines) is 1. The van der Waals surface area contributed by atoms with Crippen LogP contribution in [0.3, 0.4) is 0 Å². The van der Waals surface area contributed by atoms with Crippen molar-refractivity contribution in [2.45, 2.75) is 38.8 Å². The Morgan fingerprint density at radius 1 is 0.917 bits per heavy atom. The highest BCUT2D eigenvalue weighted by atomic mass is 16.1. The predicted octanol–water partition coefficient (Wildman–Crippen LogP) is 1.22. The number of aromatic nitrogens is 2. The number of nitrogens with two attached hydrogens (primary N) is 1. The summed E-state index contributed by atoms with van der Waals surface area (Å²) in [5.74, 6) is 0.370. The molecule has 4 rings (SSSR count). The number of allylic oxidation sites excluding steroid dienone is 3. The largest absolute Gasteiger partial charge is 0.382 e. The molecule has 0 radical (unpaired) electrons. The second kappa shape index (κ2) is 5.81. The molecule has 0 unspecified atom stereocenters. The lowest BCUT2D eigenvalue weighted by atomic mass is 10.1. The minimum absolute atomic E-state index is 0.0447. The standard InChI is InChI=1S/C17H21N5O2/c18-16-15(17(24)22-10-4-3-9-21(16)22)19-13-6-5-12(23)11-14(13)20-7-1-2-8-20/h5-6,11H,1-4,7-10,18H2/b19-13+. The van der Waals surface area contributed by atoms with Crippen LogP contribution in [-0.2, 0) is 17.9 Å². The van der Waals surface area contributed by atoms with Crippen molar-refractivity contribution in [2.75, 3.05) is 18.8 Å². The highest BCUT2D eigenvalue weighted by molar-refractivity contribution is 6.20. The van der Waals surface area contributed by atoms with Gasteiger partial charge in [-0.3, -0.25) is 14.3 Å². The average molecular weight is 327 g/mol. The molecule has 1 saturated heterocycles. The summed E-state index contributed by atoms with van der Waals surface area (Å²) >= 11 is 0. The van der Waals surface area contributed by atoms with Crippen LogP contribution in [-0.4, -0.2) is 38.8 Å². The number of carbonyl (C=O) groups excluding carboxylic acids is 1. The number of hydrogen-bond donors (Lipinski definition) is 1. The molecule has 24 heavy (non-hydrogen) atoms. The lowest BCUT2D eigenvalue weighted by molar-refractivity contribution is -0.110. The first-order valence-corrected chi connectivity index (χ1v) is 8.52. The SMILES string of the molecule is Nc1c(/N=C2\C=CC(=O)C=C2N2CCCC2)c(=O)n2n1CCCC2. The van der Waals surface area contributed by atoms with Crippen LogP contribution in [0.2, 0.25) is 0 Å².